The van der Waals surface area contributed by atoms with Gasteiger partial charge in [0.2, 0.25) is 10.0 Å². The molecule has 122 valence electrons. The summed E-state index contributed by atoms with van der Waals surface area (Å²) in [5.41, 5.74) is 0. The topological polar surface area (TPSA) is 66.8 Å². The third-order valence-corrected chi connectivity index (χ3v) is 7.86. The molecule has 0 bridgehead atoms. The maximum atomic E-state index is 13.0. The quantitative estimate of drug-likeness (QED) is 0.857. The molecule has 3 rings (SSSR count). The number of hydrogen-bond donors (Lipinski definition) is 1. The average molecular weight is 317 g/mol. The molecular weight excluding hydrogens is 290 g/mol. The number of sulfonamides is 1. The molecule has 0 aromatic heterocycles. The van der Waals surface area contributed by atoms with Crippen molar-refractivity contribution >= 4 is 10.0 Å². The fourth-order valence-corrected chi connectivity index (χ4v) is 6.45. The summed E-state index contributed by atoms with van der Waals surface area (Å²) in [6, 6.07) is 0.0177. The highest BCUT2D eigenvalue weighted by molar-refractivity contribution is 7.89. The Morgan fingerprint density at radius 2 is 1.71 bits per heavy atom. The molecule has 6 heteroatoms. The Morgan fingerprint density at radius 1 is 0.952 bits per heavy atom. The lowest BCUT2D eigenvalue weighted by atomic mass is 9.89. The summed E-state index contributed by atoms with van der Waals surface area (Å²) in [6.07, 6.45) is 6.64. The molecule has 2 heterocycles. The fourth-order valence-electron chi connectivity index (χ4n) is 4.26. The van der Waals surface area contributed by atoms with E-state index in [1.807, 2.05) is 0 Å². The predicted molar refractivity (Wildman–Crippen MR) is 80.5 cm³/mol. The van der Waals surface area contributed by atoms with Crippen LogP contribution < -0.4 is 0 Å². The molecule has 21 heavy (non-hydrogen) atoms. The first-order valence-corrected chi connectivity index (χ1v) is 9.87. The van der Waals surface area contributed by atoms with Gasteiger partial charge in [0.15, 0.2) is 0 Å². The second kappa shape index (κ2) is 6.52. The van der Waals surface area contributed by atoms with E-state index >= 15 is 0 Å². The highest BCUT2D eigenvalue weighted by Gasteiger charge is 2.44. The Labute approximate surface area is 127 Å². The molecule has 5 nitrogen and oxygen atoms in total. The van der Waals surface area contributed by atoms with Crippen molar-refractivity contribution in [2.24, 2.45) is 5.92 Å². The Morgan fingerprint density at radius 3 is 2.38 bits per heavy atom. The van der Waals surface area contributed by atoms with E-state index in [2.05, 4.69) is 0 Å². The molecular formula is C15H27NO4S. The van der Waals surface area contributed by atoms with Gasteiger partial charge in [-0.2, -0.15) is 4.31 Å². The van der Waals surface area contributed by atoms with E-state index in [-0.39, 0.29) is 23.3 Å². The number of rotatable bonds is 3. The van der Waals surface area contributed by atoms with Crippen LogP contribution in [0.3, 0.4) is 0 Å². The standard InChI is InChI=1S/C15H27NO4S/c17-15-6-3-4-13(15)14-5-1-2-9-16(14)21(18,19)12-7-10-20-11-8-12/h12-15,17H,1-11H2. The SMILES string of the molecule is O=S(=O)(C1CCOCC1)N1CCCCC1C1CCCC1O. The van der Waals surface area contributed by atoms with Gasteiger partial charge in [0.1, 0.15) is 0 Å². The van der Waals surface area contributed by atoms with Crippen LogP contribution in [0.2, 0.25) is 0 Å². The normalized spacial score (nSPS) is 36.9. The van der Waals surface area contributed by atoms with E-state index in [4.69, 9.17) is 4.74 Å². The summed E-state index contributed by atoms with van der Waals surface area (Å²) in [5.74, 6) is 0.139. The number of aliphatic hydroxyl groups excluding tert-OH is 1. The van der Waals surface area contributed by atoms with Gasteiger partial charge in [0, 0.05) is 31.7 Å². The molecule has 0 aromatic carbocycles. The molecule has 1 saturated carbocycles. The van der Waals surface area contributed by atoms with E-state index in [1.165, 1.54) is 0 Å². The summed E-state index contributed by atoms with van der Waals surface area (Å²) >= 11 is 0. The smallest absolute Gasteiger partial charge is 0.217 e. The Balaban J connectivity index is 1.79. The largest absolute Gasteiger partial charge is 0.393 e. The summed E-state index contributed by atoms with van der Waals surface area (Å²) < 4.78 is 33.1. The van der Waals surface area contributed by atoms with Crippen LogP contribution in [0.25, 0.3) is 0 Å². The lowest BCUT2D eigenvalue weighted by Crippen LogP contribution is -2.52. The summed E-state index contributed by atoms with van der Waals surface area (Å²) in [5, 5.41) is 9.91. The van der Waals surface area contributed by atoms with Crippen LogP contribution in [-0.2, 0) is 14.8 Å². The van der Waals surface area contributed by atoms with Crippen molar-refractivity contribution in [3.63, 3.8) is 0 Å². The summed E-state index contributed by atoms with van der Waals surface area (Å²) in [7, 11) is -3.25. The van der Waals surface area contributed by atoms with Crippen molar-refractivity contribution in [2.45, 2.75) is 68.8 Å². The third-order valence-electron chi connectivity index (χ3n) is 5.44. The zero-order chi connectivity index (χ0) is 14.9. The van der Waals surface area contributed by atoms with Crippen LogP contribution >= 0.6 is 0 Å². The molecule has 3 fully saturated rings. The van der Waals surface area contributed by atoms with Gasteiger partial charge >= 0.3 is 0 Å². The van der Waals surface area contributed by atoms with Crippen LogP contribution in [-0.4, -0.2) is 55.0 Å². The van der Waals surface area contributed by atoms with Crippen LogP contribution in [0.4, 0.5) is 0 Å². The second-order valence-corrected chi connectivity index (χ2v) is 8.86. The van der Waals surface area contributed by atoms with Gasteiger partial charge in [-0.1, -0.05) is 12.8 Å². The molecule has 2 aliphatic heterocycles. The van der Waals surface area contributed by atoms with Crippen LogP contribution in [0.5, 0.6) is 0 Å². The van der Waals surface area contributed by atoms with E-state index < -0.39 is 10.0 Å². The van der Waals surface area contributed by atoms with Crippen molar-refractivity contribution in [1.29, 1.82) is 0 Å². The number of ether oxygens (including phenoxy) is 1. The molecule has 1 N–H and O–H groups in total. The van der Waals surface area contributed by atoms with Gasteiger partial charge in [0.25, 0.3) is 0 Å². The maximum absolute atomic E-state index is 13.0. The maximum Gasteiger partial charge on any atom is 0.217 e. The van der Waals surface area contributed by atoms with Crippen molar-refractivity contribution < 1.29 is 18.3 Å². The molecule has 3 atom stereocenters. The third kappa shape index (κ3) is 3.14. The van der Waals surface area contributed by atoms with Gasteiger partial charge in [-0.15, -0.1) is 0 Å². The van der Waals surface area contributed by atoms with Crippen molar-refractivity contribution in [3.8, 4) is 0 Å². The molecule has 0 amide bonds. The second-order valence-electron chi connectivity index (χ2n) is 6.69. The molecule has 2 saturated heterocycles. The van der Waals surface area contributed by atoms with Gasteiger partial charge < -0.3 is 9.84 Å². The Hall–Kier alpha value is -0.170. The van der Waals surface area contributed by atoms with E-state index in [1.54, 1.807) is 4.31 Å². The summed E-state index contributed by atoms with van der Waals surface area (Å²) in [6.45, 7) is 1.73. The highest BCUT2D eigenvalue weighted by atomic mass is 32.2. The van der Waals surface area contributed by atoms with Crippen LogP contribution in [0.15, 0.2) is 0 Å². The molecule has 1 aliphatic carbocycles. The molecule has 0 spiro atoms. The van der Waals surface area contributed by atoms with E-state index in [9.17, 15) is 13.5 Å². The van der Waals surface area contributed by atoms with Gasteiger partial charge in [-0.25, -0.2) is 8.42 Å². The first kappa shape index (κ1) is 15.7. The lowest BCUT2D eigenvalue weighted by Gasteiger charge is -2.41. The number of hydrogen-bond acceptors (Lipinski definition) is 4. The Bertz CT molecular complexity index is 447. The van der Waals surface area contributed by atoms with Gasteiger partial charge in [-0.3, -0.25) is 0 Å². The number of nitrogens with zero attached hydrogens (tertiary/aromatic N) is 1. The minimum atomic E-state index is -3.25. The van der Waals surface area contributed by atoms with Crippen molar-refractivity contribution in [1.82, 2.24) is 4.31 Å². The number of piperidine rings is 1. The van der Waals surface area contributed by atoms with Crippen molar-refractivity contribution in [2.75, 3.05) is 19.8 Å². The Kier molecular flexibility index (Phi) is 4.88. The fraction of sp³-hybridized carbons (Fsp3) is 1.00. The minimum Gasteiger partial charge on any atom is -0.393 e. The monoisotopic (exact) mass is 317 g/mol. The van der Waals surface area contributed by atoms with Crippen LogP contribution in [0.1, 0.15) is 51.4 Å². The molecule has 0 aromatic rings. The zero-order valence-electron chi connectivity index (χ0n) is 12.6. The van der Waals surface area contributed by atoms with Crippen LogP contribution in [0, 0.1) is 5.92 Å². The molecule has 3 unspecified atom stereocenters. The van der Waals surface area contributed by atoms with Crippen molar-refractivity contribution in [3.05, 3.63) is 0 Å². The van der Waals surface area contributed by atoms with Gasteiger partial charge in [-0.05, 0) is 38.5 Å². The highest BCUT2D eigenvalue weighted by Crippen LogP contribution is 2.37. The molecule has 3 aliphatic rings. The molecule has 0 radical (unpaired) electrons. The van der Waals surface area contributed by atoms with E-state index in [0.29, 0.717) is 32.6 Å². The number of aliphatic hydroxyl groups is 1. The van der Waals surface area contributed by atoms with E-state index in [0.717, 1.165) is 38.5 Å². The minimum absolute atomic E-state index is 0.0177. The predicted octanol–water partition coefficient (Wildman–Crippen LogP) is 1.51. The van der Waals surface area contributed by atoms with Gasteiger partial charge in [0.05, 0.1) is 11.4 Å². The first-order valence-electron chi connectivity index (χ1n) is 8.37. The zero-order valence-corrected chi connectivity index (χ0v) is 13.4. The summed E-state index contributed by atoms with van der Waals surface area (Å²) in [4.78, 5) is 0. The first-order chi connectivity index (χ1) is 10.1. The average Bonchev–Trinajstić information content (AvgIpc) is 2.94. The lowest BCUT2D eigenvalue weighted by molar-refractivity contribution is 0.0687.